The van der Waals surface area contributed by atoms with Crippen molar-refractivity contribution >= 4 is 11.6 Å². The number of hydrogen-bond acceptors (Lipinski definition) is 1. The minimum absolute atomic E-state index is 0.226. The molecule has 1 amide bonds. The molecule has 4 rings (SSSR count). The van der Waals surface area contributed by atoms with Gasteiger partial charge in [-0.05, 0) is 55.0 Å². The number of para-hydroxylation sites is 1. The molecule has 0 saturated carbocycles. The molecule has 1 heterocycles. The van der Waals surface area contributed by atoms with Gasteiger partial charge in [-0.1, -0.05) is 48.5 Å². The fraction of sp³-hybridized carbons (Fsp3) is 0.0417. The number of anilines is 1. The van der Waals surface area contributed by atoms with Gasteiger partial charge in [-0.2, -0.15) is 0 Å². The summed E-state index contributed by atoms with van der Waals surface area (Å²) in [5.41, 5.74) is 4.92. The van der Waals surface area contributed by atoms with Crippen molar-refractivity contribution in [2.75, 3.05) is 5.32 Å². The molecule has 0 saturated heterocycles. The summed E-state index contributed by atoms with van der Waals surface area (Å²) in [5, 5.41) is 2.85. The van der Waals surface area contributed by atoms with E-state index in [0.29, 0.717) is 11.3 Å². The van der Waals surface area contributed by atoms with Crippen LogP contribution >= 0.6 is 0 Å². The maximum Gasteiger partial charge on any atom is 0.257 e. The van der Waals surface area contributed by atoms with Crippen LogP contribution in [0.3, 0.4) is 0 Å². The summed E-state index contributed by atoms with van der Waals surface area (Å²) in [4.78, 5) is 12.9. The quantitative estimate of drug-likeness (QED) is 0.481. The van der Waals surface area contributed by atoms with E-state index in [2.05, 4.69) is 9.88 Å². The predicted molar refractivity (Wildman–Crippen MR) is 110 cm³/mol. The number of benzene rings is 3. The van der Waals surface area contributed by atoms with Crippen molar-refractivity contribution in [3.63, 3.8) is 0 Å². The monoisotopic (exact) mass is 370 g/mol. The average Bonchev–Trinajstić information content (AvgIpc) is 3.08. The highest BCUT2D eigenvalue weighted by molar-refractivity contribution is 6.06. The summed E-state index contributed by atoms with van der Waals surface area (Å²) in [6.07, 6.45) is 0. The number of nitrogens with zero attached hydrogens (tertiary/aromatic N) is 1. The van der Waals surface area contributed by atoms with Crippen molar-refractivity contribution in [2.45, 2.75) is 6.92 Å². The van der Waals surface area contributed by atoms with Crippen LogP contribution in [-0.4, -0.2) is 10.5 Å². The molecule has 1 N–H and O–H groups in total. The van der Waals surface area contributed by atoms with Crippen LogP contribution in [-0.2, 0) is 0 Å². The van der Waals surface area contributed by atoms with Crippen molar-refractivity contribution in [3.8, 4) is 16.9 Å². The lowest BCUT2D eigenvalue weighted by Crippen LogP contribution is -2.13. The highest BCUT2D eigenvalue weighted by Gasteiger charge is 2.19. The van der Waals surface area contributed by atoms with Crippen LogP contribution in [0.25, 0.3) is 16.9 Å². The first-order valence-corrected chi connectivity index (χ1v) is 9.03. The topological polar surface area (TPSA) is 34.0 Å². The summed E-state index contributed by atoms with van der Waals surface area (Å²) < 4.78 is 15.2. The van der Waals surface area contributed by atoms with Gasteiger partial charge in [-0.15, -0.1) is 0 Å². The van der Waals surface area contributed by atoms with Crippen molar-refractivity contribution < 1.29 is 9.18 Å². The first-order chi connectivity index (χ1) is 13.6. The first kappa shape index (κ1) is 17.7. The number of nitrogens with one attached hydrogen (secondary N) is 1. The Kier molecular flexibility index (Phi) is 4.77. The third-order valence-corrected chi connectivity index (χ3v) is 4.68. The lowest BCUT2D eigenvalue weighted by atomic mass is 10.1. The molecule has 0 aliphatic carbocycles. The maximum absolute atomic E-state index is 13.1. The summed E-state index contributed by atoms with van der Waals surface area (Å²) in [5.74, 6) is -0.563. The molecule has 0 bridgehead atoms. The lowest BCUT2D eigenvalue weighted by Gasteiger charge is -2.12. The third-order valence-electron chi connectivity index (χ3n) is 4.68. The molecule has 28 heavy (non-hydrogen) atoms. The third kappa shape index (κ3) is 3.45. The largest absolute Gasteiger partial charge is 0.322 e. The molecule has 0 radical (unpaired) electrons. The van der Waals surface area contributed by atoms with Gasteiger partial charge in [-0.3, -0.25) is 4.79 Å². The SMILES string of the molecule is Cc1c(C(=O)Nc2ccc(F)cc2)cc(-c2ccccc2)n1-c1ccccc1. The Balaban J connectivity index is 1.79. The van der Waals surface area contributed by atoms with Crippen LogP contribution in [0.5, 0.6) is 0 Å². The molecule has 0 atom stereocenters. The van der Waals surface area contributed by atoms with Gasteiger partial charge in [0.25, 0.3) is 5.91 Å². The maximum atomic E-state index is 13.1. The number of halogens is 1. The van der Waals surface area contributed by atoms with Crippen LogP contribution < -0.4 is 5.32 Å². The van der Waals surface area contributed by atoms with Gasteiger partial charge in [0.1, 0.15) is 5.82 Å². The van der Waals surface area contributed by atoms with Crippen LogP contribution in [0.15, 0.2) is 91.0 Å². The zero-order chi connectivity index (χ0) is 19.5. The molecule has 0 fully saturated rings. The van der Waals surface area contributed by atoms with Crippen LogP contribution in [0, 0.1) is 12.7 Å². The number of carbonyl (C=O) groups is 1. The van der Waals surface area contributed by atoms with E-state index in [0.717, 1.165) is 22.6 Å². The Morgan fingerprint density at radius 3 is 2.11 bits per heavy atom. The zero-order valence-electron chi connectivity index (χ0n) is 15.4. The Bertz CT molecular complexity index is 1100. The first-order valence-electron chi connectivity index (χ1n) is 9.03. The second kappa shape index (κ2) is 7.53. The van der Waals surface area contributed by atoms with E-state index in [1.54, 1.807) is 12.1 Å². The van der Waals surface area contributed by atoms with Crippen molar-refractivity contribution in [1.82, 2.24) is 4.57 Å². The molecule has 0 spiro atoms. The van der Waals surface area contributed by atoms with E-state index >= 15 is 0 Å². The molecule has 0 aliphatic heterocycles. The molecule has 4 heteroatoms. The van der Waals surface area contributed by atoms with Gasteiger partial charge in [0, 0.05) is 17.1 Å². The van der Waals surface area contributed by atoms with Crippen LogP contribution in [0.4, 0.5) is 10.1 Å². The van der Waals surface area contributed by atoms with Crippen molar-refractivity contribution in [2.24, 2.45) is 0 Å². The zero-order valence-corrected chi connectivity index (χ0v) is 15.4. The van der Waals surface area contributed by atoms with Gasteiger partial charge in [0.2, 0.25) is 0 Å². The van der Waals surface area contributed by atoms with E-state index in [-0.39, 0.29) is 11.7 Å². The standard InChI is InChI=1S/C24H19FN2O/c1-17-22(24(28)26-20-14-12-19(25)13-15-20)16-23(18-8-4-2-5-9-18)27(17)21-10-6-3-7-11-21/h2-16H,1H3,(H,26,28). The number of hydrogen-bond donors (Lipinski definition) is 1. The summed E-state index contributed by atoms with van der Waals surface area (Å²) in [7, 11) is 0. The molecule has 0 aliphatic rings. The molecule has 3 nitrogen and oxygen atoms in total. The highest BCUT2D eigenvalue weighted by Crippen LogP contribution is 2.30. The minimum atomic E-state index is -0.337. The number of aromatic nitrogens is 1. The molecular weight excluding hydrogens is 351 g/mol. The average molecular weight is 370 g/mol. The van der Waals surface area contributed by atoms with E-state index in [1.807, 2.05) is 73.7 Å². The lowest BCUT2D eigenvalue weighted by molar-refractivity contribution is 0.102. The summed E-state index contributed by atoms with van der Waals surface area (Å²) in [6, 6.07) is 27.6. The molecule has 1 aromatic heterocycles. The van der Waals surface area contributed by atoms with Crippen LogP contribution in [0.2, 0.25) is 0 Å². The molecule has 138 valence electrons. The minimum Gasteiger partial charge on any atom is -0.322 e. The van der Waals surface area contributed by atoms with Gasteiger partial charge in [0.05, 0.1) is 11.3 Å². The van der Waals surface area contributed by atoms with Crippen LogP contribution in [0.1, 0.15) is 16.1 Å². The van der Waals surface area contributed by atoms with Gasteiger partial charge >= 0.3 is 0 Å². The Morgan fingerprint density at radius 1 is 0.857 bits per heavy atom. The normalized spacial score (nSPS) is 10.6. The number of amides is 1. The second-order valence-corrected chi connectivity index (χ2v) is 6.53. The molecule has 0 unspecified atom stereocenters. The highest BCUT2D eigenvalue weighted by atomic mass is 19.1. The van der Waals surface area contributed by atoms with E-state index in [1.165, 1.54) is 12.1 Å². The van der Waals surface area contributed by atoms with Crippen molar-refractivity contribution in [3.05, 3.63) is 108 Å². The Morgan fingerprint density at radius 2 is 1.46 bits per heavy atom. The fourth-order valence-electron chi connectivity index (χ4n) is 3.30. The van der Waals surface area contributed by atoms with E-state index in [9.17, 15) is 9.18 Å². The van der Waals surface area contributed by atoms with Crippen molar-refractivity contribution in [1.29, 1.82) is 0 Å². The van der Waals surface area contributed by atoms with E-state index in [4.69, 9.17) is 0 Å². The summed E-state index contributed by atoms with van der Waals surface area (Å²) >= 11 is 0. The fourth-order valence-corrected chi connectivity index (χ4v) is 3.30. The van der Waals surface area contributed by atoms with Gasteiger partial charge in [-0.25, -0.2) is 4.39 Å². The molecule has 3 aromatic carbocycles. The predicted octanol–water partition coefficient (Wildman–Crippen LogP) is 5.84. The molecular formula is C24H19FN2O. The number of rotatable bonds is 4. The van der Waals surface area contributed by atoms with Gasteiger partial charge < -0.3 is 9.88 Å². The smallest absolute Gasteiger partial charge is 0.257 e. The molecule has 4 aromatic rings. The Labute approximate surface area is 163 Å². The second-order valence-electron chi connectivity index (χ2n) is 6.53. The van der Waals surface area contributed by atoms with Gasteiger partial charge in [0.15, 0.2) is 0 Å². The Hall–Kier alpha value is -3.66. The summed E-state index contributed by atoms with van der Waals surface area (Å²) in [6.45, 7) is 1.93. The van der Waals surface area contributed by atoms with E-state index < -0.39 is 0 Å². The number of carbonyl (C=O) groups excluding carboxylic acids is 1.